The molecule has 19 heavy (non-hydrogen) atoms. The molecule has 1 aromatic carbocycles. The molecule has 0 aliphatic heterocycles. The topological polar surface area (TPSA) is 9.23 Å². The summed E-state index contributed by atoms with van der Waals surface area (Å²) in [7, 11) is 0. The summed E-state index contributed by atoms with van der Waals surface area (Å²) in [5.41, 5.74) is 0. The van der Waals surface area contributed by atoms with Crippen molar-refractivity contribution in [3.63, 3.8) is 0 Å². The van der Waals surface area contributed by atoms with Crippen molar-refractivity contribution in [2.45, 2.75) is 32.6 Å². The van der Waals surface area contributed by atoms with E-state index in [0.29, 0.717) is 18.4 Å². The summed E-state index contributed by atoms with van der Waals surface area (Å²) in [5.74, 6) is -0.591. The number of ether oxygens (including phenoxy) is 1. The molecule has 0 bridgehead atoms. The van der Waals surface area contributed by atoms with E-state index in [2.05, 4.69) is 12.2 Å². The third kappa shape index (κ3) is 3.79. The van der Waals surface area contributed by atoms with E-state index >= 15 is 0 Å². The van der Waals surface area contributed by atoms with Crippen molar-refractivity contribution in [1.82, 2.24) is 0 Å². The molecule has 0 spiro atoms. The van der Waals surface area contributed by atoms with Crippen LogP contribution in [-0.2, 0) is 0 Å². The van der Waals surface area contributed by atoms with Crippen LogP contribution in [0.15, 0.2) is 30.4 Å². The van der Waals surface area contributed by atoms with Crippen molar-refractivity contribution < 1.29 is 13.5 Å². The van der Waals surface area contributed by atoms with E-state index in [0.717, 1.165) is 31.7 Å². The maximum absolute atomic E-state index is 13.4. The van der Waals surface area contributed by atoms with Gasteiger partial charge in [-0.2, -0.15) is 4.39 Å². The van der Waals surface area contributed by atoms with Crippen LogP contribution < -0.4 is 4.74 Å². The average Bonchev–Trinajstić information content (AvgIpc) is 2.42. The Morgan fingerprint density at radius 3 is 2.63 bits per heavy atom. The summed E-state index contributed by atoms with van der Waals surface area (Å²) in [6.07, 6.45) is 8.85. The van der Waals surface area contributed by atoms with Crippen molar-refractivity contribution in [3.05, 3.63) is 42.0 Å². The molecule has 0 saturated heterocycles. The zero-order chi connectivity index (χ0) is 13.7. The molecule has 0 radical (unpaired) electrons. The lowest BCUT2D eigenvalue weighted by Crippen LogP contribution is -2.19. The highest BCUT2D eigenvalue weighted by Crippen LogP contribution is 2.30. The van der Waals surface area contributed by atoms with Crippen LogP contribution >= 0.6 is 0 Å². The molecule has 0 unspecified atom stereocenters. The molecule has 0 amide bonds. The molecule has 1 fully saturated rings. The van der Waals surface area contributed by atoms with Gasteiger partial charge in [-0.1, -0.05) is 18.2 Å². The van der Waals surface area contributed by atoms with E-state index in [9.17, 15) is 8.78 Å². The fraction of sp³-hybridized carbons (Fsp3) is 0.500. The highest BCUT2D eigenvalue weighted by molar-refractivity contribution is 5.25. The first kappa shape index (κ1) is 14.0. The van der Waals surface area contributed by atoms with Crippen molar-refractivity contribution in [1.29, 1.82) is 0 Å². The Labute approximate surface area is 113 Å². The summed E-state index contributed by atoms with van der Waals surface area (Å²) in [4.78, 5) is 0. The number of rotatable bonds is 4. The number of benzene rings is 1. The molecule has 1 aliphatic rings. The van der Waals surface area contributed by atoms with Gasteiger partial charge < -0.3 is 4.74 Å². The lowest BCUT2D eigenvalue weighted by molar-refractivity contribution is 0.188. The first-order valence-corrected chi connectivity index (χ1v) is 6.90. The maximum Gasteiger partial charge on any atom is 0.200 e. The van der Waals surface area contributed by atoms with Gasteiger partial charge in [-0.05, 0) is 56.6 Å². The fourth-order valence-corrected chi connectivity index (χ4v) is 2.62. The largest absolute Gasteiger partial charge is 0.490 e. The van der Waals surface area contributed by atoms with Gasteiger partial charge in [-0.15, -0.1) is 0 Å². The lowest BCUT2D eigenvalue weighted by atomic mass is 9.82. The second-order valence-corrected chi connectivity index (χ2v) is 5.17. The van der Waals surface area contributed by atoms with Crippen LogP contribution in [0.1, 0.15) is 32.6 Å². The smallest absolute Gasteiger partial charge is 0.200 e. The Balaban J connectivity index is 1.82. The van der Waals surface area contributed by atoms with E-state index in [1.165, 1.54) is 12.1 Å². The molecule has 1 saturated carbocycles. The van der Waals surface area contributed by atoms with Gasteiger partial charge in [0.1, 0.15) is 0 Å². The summed E-state index contributed by atoms with van der Waals surface area (Å²) < 4.78 is 31.8. The molecule has 0 aromatic heterocycles. The SMILES string of the molecule is CC=CC1CCC(COc2cccc(F)c2F)CC1. The van der Waals surface area contributed by atoms with Gasteiger partial charge in [0.15, 0.2) is 11.6 Å². The zero-order valence-corrected chi connectivity index (χ0v) is 11.2. The Morgan fingerprint density at radius 2 is 1.95 bits per heavy atom. The van der Waals surface area contributed by atoms with Crippen molar-refractivity contribution >= 4 is 0 Å². The second-order valence-electron chi connectivity index (χ2n) is 5.17. The molecule has 3 heteroatoms. The second kappa shape index (κ2) is 6.69. The molecule has 0 N–H and O–H groups in total. The molecular weight excluding hydrogens is 246 g/mol. The molecule has 1 nitrogen and oxygen atoms in total. The summed E-state index contributed by atoms with van der Waals surface area (Å²) in [6.45, 7) is 2.52. The molecule has 1 aromatic rings. The van der Waals surface area contributed by atoms with Crippen LogP contribution in [-0.4, -0.2) is 6.61 Å². The summed E-state index contributed by atoms with van der Waals surface area (Å²) in [6, 6.07) is 4.05. The molecule has 1 aliphatic carbocycles. The molecular formula is C16H20F2O. The van der Waals surface area contributed by atoms with Crippen LogP contribution in [0.2, 0.25) is 0 Å². The van der Waals surface area contributed by atoms with E-state index < -0.39 is 11.6 Å². The first-order valence-electron chi connectivity index (χ1n) is 6.90. The third-order valence-corrected chi connectivity index (χ3v) is 3.75. The Bertz CT molecular complexity index is 434. The molecule has 0 heterocycles. The van der Waals surface area contributed by atoms with Crippen LogP contribution in [0.3, 0.4) is 0 Å². The van der Waals surface area contributed by atoms with Crippen LogP contribution in [0.25, 0.3) is 0 Å². The number of halogens is 2. The molecule has 0 atom stereocenters. The minimum absolute atomic E-state index is 0.0237. The van der Waals surface area contributed by atoms with Gasteiger partial charge >= 0.3 is 0 Å². The van der Waals surface area contributed by atoms with E-state index in [1.807, 2.05) is 6.92 Å². The Hall–Kier alpha value is -1.38. The Kier molecular flexibility index (Phi) is 4.94. The predicted octanol–water partition coefficient (Wildman–Crippen LogP) is 4.73. The van der Waals surface area contributed by atoms with Gasteiger partial charge in [0.05, 0.1) is 6.61 Å². The summed E-state index contributed by atoms with van der Waals surface area (Å²) >= 11 is 0. The van der Waals surface area contributed by atoms with Crippen LogP contribution in [0, 0.1) is 23.5 Å². The molecule has 2 rings (SSSR count). The summed E-state index contributed by atoms with van der Waals surface area (Å²) in [5, 5.41) is 0. The fourth-order valence-electron chi connectivity index (χ4n) is 2.62. The quantitative estimate of drug-likeness (QED) is 0.716. The zero-order valence-electron chi connectivity index (χ0n) is 11.2. The molecule has 104 valence electrons. The number of allylic oxidation sites excluding steroid dienone is 2. The van der Waals surface area contributed by atoms with Gasteiger partial charge in [0.2, 0.25) is 5.82 Å². The maximum atomic E-state index is 13.4. The highest BCUT2D eigenvalue weighted by Gasteiger charge is 2.20. The Morgan fingerprint density at radius 1 is 1.21 bits per heavy atom. The normalized spacial score (nSPS) is 23.7. The minimum atomic E-state index is -0.884. The van der Waals surface area contributed by atoms with Crippen molar-refractivity contribution in [2.24, 2.45) is 11.8 Å². The standard InChI is InChI=1S/C16H20F2O/c1-2-4-12-7-9-13(10-8-12)11-19-15-6-3-5-14(17)16(15)18/h2-6,12-13H,7-11H2,1H3. The van der Waals surface area contributed by atoms with Gasteiger partial charge in [0, 0.05) is 0 Å². The average molecular weight is 266 g/mol. The van der Waals surface area contributed by atoms with Gasteiger partial charge in [-0.25, -0.2) is 4.39 Å². The highest BCUT2D eigenvalue weighted by atomic mass is 19.2. The van der Waals surface area contributed by atoms with Gasteiger partial charge in [0.25, 0.3) is 0 Å². The van der Waals surface area contributed by atoms with Crippen LogP contribution in [0.4, 0.5) is 8.78 Å². The van der Waals surface area contributed by atoms with E-state index in [-0.39, 0.29) is 5.75 Å². The number of hydrogen-bond acceptors (Lipinski definition) is 1. The lowest BCUT2D eigenvalue weighted by Gasteiger charge is -2.26. The van der Waals surface area contributed by atoms with Gasteiger partial charge in [-0.3, -0.25) is 0 Å². The van der Waals surface area contributed by atoms with E-state index in [4.69, 9.17) is 4.74 Å². The monoisotopic (exact) mass is 266 g/mol. The van der Waals surface area contributed by atoms with Crippen molar-refractivity contribution in [2.75, 3.05) is 6.61 Å². The van der Waals surface area contributed by atoms with Crippen molar-refractivity contribution in [3.8, 4) is 5.75 Å². The number of hydrogen-bond donors (Lipinski definition) is 0. The van der Waals surface area contributed by atoms with Crippen LogP contribution in [0.5, 0.6) is 5.75 Å². The third-order valence-electron chi connectivity index (χ3n) is 3.75. The minimum Gasteiger partial charge on any atom is -0.490 e. The predicted molar refractivity (Wildman–Crippen MR) is 72.1 cm³/mol. The first-order chi connectivity index (χ1) is 9.20. The van der Waals surface area contributed by atoms with E-state index in [1.54, 1.807) is 0 Å².